The number of ether oxygens (including phenoxy) is 1. The maximum absolute atomic E-state index is 11.4. The molecule has 6 heteroatoms. The van der Waals surface area contributed by atoms with Crippen molar-refractivity contribution in [1.82, 2.24) is 5.32 Å². The second-order valence-corrected chi connectivity index (χ2v) is 4.54. The summed E-state index contributed by atoms with van der Waals surface area (Å²) in [7, 11) is 1.37. The molecule has 0 aromatic heterocycles. The van der Waals surface area contributed by atoms with Crippen molar-refractivity contribution in [2.45, 2.75) is 19.0 Å². The Bertz CT molecular complexity index is 439. The molecule has 0 fully saturated rings. The van der Waals surface area contributed by atoms with Gasteiger partial charge < -0.3 is 9.84 Å². The molecular weight excluding hydrogens is 309 g/mol. The van der Waals surface area contributed by atoms with Crippen molar-refractivity contribution < 1.29 is 14.6 Å². The van der Waals surface area contributed by atoms with Gasteiger partial charge in [-0.25, -0.2) is 0 Å². The summed E-state index contributed by atoms with van der Waals surface area (Å²) in [6.07, 6.45) is 0.525. The van der Waals surface area contributed by atoms with Gasteiger partial charge in [-0.3, -0.25) is 10.1 Å². The molecule has 94 valence electrons. The highest BCUT2D eigenvalue weighted by atomic mass is 79.9. The standard InChI is InChI=1S/C11H12BrNO3.ClH/c1-16-11(15)9-4-6-7(5-13-9)10(14)3-2-8(6)12;/h2-3,9,13-14H,4-5H2,1H3;1H. The Labute approximate surface area is 114 Å². The number of halogens is 2. The first kappa shape index (κ1) is 14.3. The molecule has 2 N–H and O–H groups in total. The average Bonchev–Trinajstić information content (AvgIpc) is 2.32. The normalized spacial score (nSPS) is 17.9. The van der Waals surface area contributed by atoms with Crippen LogP contribution < -0.4 is 5.32 Å². The van der Waals surface area contributed by atoms with Gasteiger partial charge >= 0.3 is 5.97 Å². The van der Waals surface area contributed by atoms with Crippen LogP contribution in [0.3, 0.4) is 0 Å². The molecule has 1 heterocycles. The molecular formula is C11H13BrClNO3. The fraction of sp³-hybridized carbons (Fsp3) is 0.364. The molecule has 0 saturated heterocycles. The summed E-state index contributed by atoms with van der Waals surface area (Å²) in [6, 6.07) is 3.09. The first-order chi connectivity index (χ1) is 7.63. The third-order valence-corrected chi connectivity index (χ3v) is 3.51. The van der Waals surface area contributed by atoms with Crippen molar-refractivity contribution in [3.05, 3.63) is 27.7 Å². The largest absolute Gasteiger partial charge is 0.508 e. The predicted molar refractivity (Wildman–Crippen MR) is 69.4 cm³/mol. The molecule has 2 rings (SSSR count). The van der Waals surface area contributed by atoms with Gasteiger partial charge in [0.1, 0.15) is 11.8 Å². The Morgan fingerprint density at radius 2 is 2.24 bits per heavy atom. The monoisotopic (exact) mass is 321 g/mol. The van der Waals surface area contributed by atoms with Crippen LogP contribution in [0.2, 0.25) is 0 Å². The number of carbonyl (C=O) groups is 1. The number of aromatic hydroxyl groups is 1. The zero-order chi connectivity index (χ0) is 11.7. The molecule has 1 aromatic rings. The van der Waals surface area contributed by atoms with Gasteiger partial charge in [0.15, 0.2) is 0 Å². The maximum Gasteiger partial charge on any atom is 0.323 e. The van der Waals surface area contributed by atoms with E-state index in [0.29, 0.717) is 13.0 Å². The van der Waals surface area contributed by atoms with Gasteiger partial charge in [0, 0.05) is 23.0 Å². The topological polar surface area (TPSA) is 58.6 Å². The van der Waals surface area contributed by atoms with Crippen LogP contribution in [0.25, 0.3) is 0 Å². The lowest BCUT2D eigenvalue weighted by Crippen LogP contribution is -2.42. The van der Waals surface area contributed by atoms with Gasteiger partial charge in [0.25, 0.3) is 0 Å². The van der Waals surface area contributed by atoms with Gasteiger partial charge in [-0.1, -0.05) is 15.9 Å². The van der Waals surface area contributed by atoms with Crippen molar-refractivity contribution in [2.75, 3.05) is 7.11 Å². The van der Waals surface area contributed by atoms with E-state index in [1.807, 2.05) is 0 Å². The van der Waals surface area contributed by atoms with Crippen LogP contribution in [0.5, 0.6) is 5.75 Å². The molecule has 0 aliphatic carbocycles. The number of hydrogen-bond acceptors (Lipinski definition) is 4. The summed E-state index contributed by atoms with van der Waals surface area (Å²) < 4.78 is 5.61. The number of fused-ring (bicyclic) bond motifs is 1. The Hall–Kier alpha value is -0.780. The van der Waals surface area contributed by atoms with Crippen LogP contribution in [0.4, 0.5) is 0 Å². The fourth-order valence-corrected chi connectivity index (χ4v) is 2.41. The van der Waals surface area contributed by atoms with Crippen LogP contribution in [-0.2, 0) is 22.5 Å². The van der Waals surface area contributed by atoms with E-state index < -0.39 is 0 Å². The Kier molecular flexibility index (Phi) is 4.80. The van der Waals surface area contributed by atoms with E-state index >= 15 is 0 Å². The van der Waals surface area contributed by atoms with E-state index in [2.05, 4.69) is 21.2 Å². The van der Waals surface area contributed by atoms with Gasteiger partial charge in [-0.2, -0.15) is 0 Å². The SMILES string of the molecule is COC(=O)C1Cc2c(Br)ccc(O)c2CN1.Cl. The number of nitrogens with one attached hydrogen (secondary N) is 1. The summed E-state index contributed by atoms with van der Waals surface area (Å²) >= 11 is 3.42. The van der Waals surface area contributed by atoms with E-state index in [9.17, 15) is 9.90 Å². The van der Waals surface area contributed by atoms with Crippen molar-refractivity contribution in [1.29, 1.82) is 0 Å². The highest BCUT2D eigenvalue weighted by molar-refractivity contribution is 9.10. The Balaban J connectivity index is 0.00000144. The molecule has 0 amide bonds. The van der Waals surface area contributed by atoms with E-state index in [-0.39, 0.29) is 30.2 Å². The lowest BCUT2D eigenvalue weighted by Gasteiger charge is -2.25. The lowest BCUT2D eigenvalue weighted by molar-refractivity contribution is -0.143. The molecule has 0 bridgehead atoms. The highest BCUT2D eigenvalue weighted by Crippen LogP contribution is 2.31. The quantitative estimate of drug-likeness (QED) is 0.774. The van der Waals surface area contributed by atoms with E-state index in [1.165, 1.54) is 7.11 Å². The molecule has 1 aliphatic heterocycles. The van der Waals surface area contributed by atoms with Crippen LogP contribution >= 0.6 is 28.3 Å². The lowest BCUT2D eigenvalue weighted by atomic mass is 9.95. The molecule has 1 unspecified atom stereocenters. The summed E-state index contributed by atoms with van der Waals surface area (Å²) in [5.41, 5.74) is 1.81. The number of benzene rings is 1. The number of methoxy groups -OCH3 is 1. The van der Waals surface area contributed by atoms with Crippen molar-refractivity contribution >= 4 is 34.3 Å². The van der Waals surface area contributed by atoms with E-state index in [4.69, 9.17) is 4.74 Å². The third kappa shape index (κ3) is 2.73. The zero-order valence-electron chi connectivity index (χ0n) is 9.20. The fourth-order valence-electron chi connectivity index (χ4n) is 1.88. The van der Waals surface area contributed by atoms with Crippen LogP contribution in [0, 0.1) is 0 Å². The molecule has 0 radical (unpaired) electrons. The van der Waals surface area contributed by atoms with Crippen LogP contribution in [-0.4, -0.2) is 24.2 Å². The van der Waals surface area contributed by atoms with Crippen LogP contribution in [0.1, 0.15) is 11.1 Å². The van der Waals surface area contributed by atoms with Gasteiger partial charge in [0.05, 0.1) is 7.11 Å². The molecule has 4 nitrogen and oxygen atoms in total. The summed E-state index contributed by atoms with van der Waals surface area (Å²) in [5, 5.41) is 12.7. The number of hydrogen-bond donors (Lipinski definition) is 2. The van der Waals surface area contributed by atoms with Crippen molar-refractivity contribution in [3.63, 3.8) is 0 Å². The molecule has 17 heavy (non-hydrogen) atoms. The first-order valence-electron chi connectivity index (χ1n) is 4.94. The second-order valence-electron chi connectivity index (χ2n) is 3.68. The summed E-state index contributed by atoms with van der Waals surface area (Å²) in [6.45, 7) is 0.473. The van der Waals surface area contributed by atoms with Gasteiger partial charge in [-0.15, -0.1) is 12.4 Å². The average molecular weight is 323 g/mol. The van der Waals surface area contributed by atoms with E-state index in [1.54, 1.807) is 12.1 Å². The number of carbonyl (C=O) groups excluding carboxylic acids is 1. The molecule has 0 saturated carbocycles. The highest BCUT2D eigenvalue weighted by Gasteiger charge is 2.27. The smallest absolute Gasteiger partial charge is 0.323 e. The van der Waals surface area contributed by atoms with Crippen molar-refractivity contribution in [2.24, 2.45) is 0 Å². The zero-order valence-corrected chi connectivity index (χ0v) is 11.6. The number of rotatable bonds is 1. The maximum atomic E-state index is 11.4. The minimum Gasteiger partial charge on any atom is -0.508 e. The number of esters is 1. The Morgan fingerprint density at radius 1 is 1.53 bits per heavy atom. The minimum atomic E-state index is -0.337. The first-order valence-corrected chi connectivity index (χ1v) is 5.73. The van der Waals surface area contributed by atoms with Gasteiger partial charge in [0.2, 0.25) is 0 Å². The van der Waals surface area contributed by atoms with Gasteiger partial charge in [-0.05, 0) is 17.7 Å². The number of phenolic OH excluding ortho intramolecular Hbond substituents is 1. The summed E-state index contributed by atoms with van der Waals surface area (Å²) in [4.78, 5) is 11.4. The molecule has 0 spiro atoms. The summed E-state index contributed by atoms with van der Waals surface area (Å²) in [5.74, 6) is -0.0186. The number of phenols is 1. The van der Waals surface area contributed by atoms with Crippen molar-refractivity contribution in [3.8, 4) is 5.75 Å². The predicted octanol–water partition coefficient (Wildman–Crippen LogP) is 1.76. The minimum absolute atomic E-state index is 0. The van der Waals surface area contributed by atoms with E-state index in [0.717, 1.165) is 15.6 Å². The molecule has 1 atom stereocenters. The molecule has 1 aromatic carbocycles. The third-order valence-electron chi connectivity index (χ3n) is 2.77. The Morgan fingerprint density at radius 3 is 2.88 bits per heavy atom. The second kappa shape index (κ2) is 5.71. The van der Waals surface area contributed by atoms with Crippen LogP contribution in [0.15, 0.2) is 16.6 Å². The molecule has 1 aliphatic rings.